The number of rotatable bonds is 6. The molecule has 0 spiro atoms. The summed E-state index contributed by atoms with van der Waals surface area (Å²) in [6, 6.07) is 12.7. The third-order valence-electron chi connectivity index (χ3n) is 5.21. The number of nitrogens with one attached hydrogen (secondary N) is 1. The van der Waals surface area contributed by atoms with Gasteiger partial charge in [-0.15, -0.1) is 0 Å². The van der Waals surface area contributed by atoms with Crippen LogP contribution in [0, 0.1) is 5.82 Å². The minimum Gasteiger partial charge on any atom is -0.423 e. The Hall–Kier alpha value is -3.50. The van der Waals surface area contributed by atoms with Gasteiger partial charge >= 0.3 is 7.12 Å². The van der Waals surface area contributed by atoms with E-state index in [4.69, 9.17) is 5.73 Å². The topological polar surface area (TPSA) is 125 Å². The van der Waals surface area contributed by atoms with Gasteiger partial charge in [0.1, 0.15) is 17.3 Å². The van der Waals surface area contributed by atoms with Crippen LogP contribution in [0.3, 0.4) is 0 Å². The van der Waals surface area contributed by atoms with Gasteiger partial charge in [0.2, 0.25) is 5.95 Å². The summed E-state index contributed by atoms with van der Waals surface area (Å²) in [5.41, 5.74) is 8.16. The van der Waals surface area contributed by atoms with E-state index in [0.29, 0.717) is 29.8 Å². The second kappa shape index (κ2) is 8.33. The molecule has 2 aromatic carbocycles. The smallest absolute Gasteiger partial charge is 0.423 e. The van der Waals surface area contributed by atoms with E-state index >= 15 is 0 Å². The van der Waals surface area contributed by atoms with Gasteiger partial charge < -0.3 is 26.0 Å². The molecule has 0 bridgehead atoms. The van der Waals surface area contributed by atoms with Crippen LogP contribution in [0.25, 0.3) is 0 Å². The van der Waals surface area contributed by atoms with Crippen molar-refractivity contribution in [3.05, 3.63) is 71.2 Å². The molecule has 1 aliphatic heterocycles. The zero-order chi connectivity index (χ0) is 22.1. The highest BCUT2D eigenvalue weighted by Gasteiger charge is 2.33. The monoisotopic (exact) mass is 421 g/mol. The molecule has 3 aromatic rings. The van der Waals surface area contributed by atoms with Crippen LogP contribution in [0.2, 0.25) is 0 Å². The highest BCUT2D eigenvalue weighted by Crippen LogP contribution is 2.36. The number of halogens is 1. The molecule has 0 fully saturated rings. The van der Waals surface area contributed by atoms with Crippen molar-refractivity contribution in [2.45, 2.75) is 25.9 Å². The molecule has 158 valence electrons. The normalized spacial score (nSPS) is 15.0. The fourth-order valence-electron chi connectivity index (χ4n) is 3.81. The summed E-state index contributed by atoms with van der Waals surface area (Å²) >= 11 is 0. The molecule has 10 heteroatoms. The zero-order valence-corrected chi connectivity index (χ0v) is 16.8. The molecule has 31 heavy (non-hydrogen) atoms. The molecule has 1 aliphatic rings. The Bertz CT molecular complexity index is 1140. The SMILES string of the molecule is CC1Cc2c(B(O)O)cccc2N1c1nc(NCc2cccc(F)c2)cc(C(N)=O)n1. The number of primary amides is 1. The second-order valence-electron chi connectivity index (χ2n) is 7.43. The van der Waals surface area contributed by atoms with Crippen LogP contribution in [-0.2, 0) is 13.0 Å². The van der Waals surface area contributed by atoms with Crippen molar-refractivity contribution in [3.63, 3.8) is 0 Å². The van der Waals surface area contributed by atoms with Crippen molar-refractivity contribution >= 4 is 35.9 Å². The highest BCUT2D eigenvalue weighted by molar-refractivity contribution is 6.59. The van der Waals surface area contributed by atoms with E-state index in [1.807, 2.05) is 17.9 Å². The highest BCUT2D eigenvalue weighted by atomic mass is 19.1. The van der Waals surface area contributed by atoms with Crippen molar-refractivity contribution in [2.75, 3.05) is 10.2 Å². The number of nitrogens with two attached hydrogens (primary N) is 1. The lowest BCUT2D eigenvalue weighted by atomic mass is 9.76. The van der Waals surface area contributed by atoms with Gasteiger partial charge in [-0.05, 0) is 48.1 Å². The second-order valence-corrected chi connectivity index (χ2v) is 7.43. The first-order chi connectivity index (χ1) is 14.8. The van der Waals surface area contributed by atoms with Gasteiger partial charge in [-0.25, -0.2) is 9.37 Å². The Kier molecular flexibility index (Phi) is 5.58. The molecule has 8 nitrogen and oxygen atoms in total. The molecule has 0 radical (unpaired) electrons. The van der Waals surface area contributed by atoms with E-state index < -0.39 is 13.0 Å². The number of anilines is 3. The fraction of sp³-hybridized carbons (Fsp3) is 0.190. The number of carbonyl (C=O) groups excluding carboxylic acids is 1. The number of benzene rings is 2. The molecule has 0 aliphatic carbocycles. The van der Waals surface area contributed by atoms with E-state index in [1.54, 1.807) is 24.3 Å². The van der Waals surface area contributed by atoms with Crippen LogP contribution in [0.4, 0.5) is 21.8 Å². The summed E-state index contributed by atoms with van der Waals surface area (Å²) in [6.45, 7) is 2.24. The molecular formula is C21H21BFN5O3. The summed E-state index contributed by atoms with van der Waals surface area (Å²) in [4.78, 5) is 22.6. The van der Waals surface area contributed by atoms with Gasteiger partial charge in [0, 0.05) is 24.3 Å². The number of amides is 1. The Morgan fingerprint density at radius 3 is 2.74 bits per heavy atom. The lowest BCUT2D eigenvalue weighted by molar-refractivity contribution is 0.0995. The third-order valence-corrected chi connectivity index (χ3v) is 5.21. The number of hydrogen-bond donors (Lipinski definition) is 4. The first-order valence-electron chi connectivity index (χ1n) is 9.78. The summed E-state index contributed by atoms with van der Waals surface area (Å²) in [5, 5.41) is 22.5. The predicted octanol–water partition coefficient (Wildman–Crippen LogP) is 1.09. The molecule has 1 atom stereocenters. The minimum absolute atomic E-state index is 0.0331. The van der Waals surface area contributed by atoms with Crippen LogP contribution >= 0.6 is 0 Å². The molecular weight excluding hydrogens is 400 g/mol. The van der Waals surface area contributed by atoms with Gasteiger partial charge in [0.25, 0.3) is 5.91 Å². The molecule has 1 unspecified atom stereocenters. The van der Waals surface area contributed by atoms with Gasteiger partial charge in [-0.1, -0.05) is 24.3 Å². The average Bonchev–Trinajstić information content (AvgIpc) is 3.07. The van der Waals surface area contributed by atoms with Gasteiger partial charge in [-0.3, -0.25) is 4.79 Å². The van der Waals surface area contributed by atoms with Crippen molar-refractivity contribution in [1.82, 2.24) is 9.97 Å². The van der Waals surface area contributed by atoms with E-state index in [1.165, 1.54) is 18.2 Å². The van der Waals surface area contributed by atoms with Crippen LogP contribution in [0.5, 0.6) is 0 Å². The van der Waals surface area contributed by atoms with Crippen LogP contribution in [-0.4, -0.2) is 39.1 Å². The van der Waals surface area contributed by atoms with Crippen LogP contribution in [0.1, 0.15) is 28.5 Å². The zero-order valence-electron chi connectivity index (χ0n) is 16.8. The Balaban J connectivity index is 1.71. The molecule has 1 aromatic heterocycles. The third kappa shape index (κ3) is 4.21. The van der Waals surface area contributed by atoms with E-state index in [9.17, 15) is 19.2 Å². The fourth-order valence-corrected chi connectivity index (χ4v) is 3.81. The standard InChI is InChI=1S/C21H21BFN5O3/c1-12-8-15-16(22(30)31)6-3-7-18(15)28(12)21-26-17(20(24)29)10-19(27-21)25-11-13-4-2-5-14(23)9-13/h2-7,9-10,12,30-31H,8,11H2,1H3,(H2,24,29)(H,25,26,27). The lowest BCUT2D eigenvalue weighted by Gasteiger charge is -2.23. The van der Waals surface area contributed by atoms with Crippen molar-refractivity contribution in [3.8, 4) is 0 Å². The van der Waals surface area contributed by atoms with Crippen LogP contribution in [0.15, 0.2) is 48.5 Å². The largest absolute Gasteiger partial charge is 0.488 e. The maximum absolute atomic E-state index is 13.4. The van der Waals surface area contributed by atoms with Crippen molar-refractivity contribution < 1.29 is 19.2 Å². The number of nitrogens with zero attached hydrogens (tertiary/aromatic N) is 3. The molecule has 5 N–H and O–H groups in total. The van der Waals surface area contributed by atoms with E-state index in [2.05, 4.69) is 15.3 Å². The van der Waals surface area contributed by atoms with Gasteiger partial charge in [0.05, 0.1) is 0 Å². The van der Waals surface area contributed by atoms with Gasteiger partial charge in [0.15, 0.2) is 0 Å². The molecule has 0 saturated heterocycles. The Labute approximate surface area is 178 Å². The molecule has 1 amide bonds. The minimum atomic E-state index is -1.59. The summed E-state index contributed by atoms with van der Waals surface area (Å²) in [6.07, 6.45) is 0.555. The van der Waals surface area contributed by atoms with Crippen molar-refractivity contribution in [1.29, 1.82) is 0 Å². The maximum atomic E-state index is 13.4. The number of hydrogen-bond acceptors (Lipinski definition) is 7. The number of aromatic nitrogens is 2. The van der Waals surface area contributed by atoms with E-state index in [0.717, 1.165) is 11.3 Å². The average molecular weight is 421 g/mol. The van der Waals surface area contributed by atoms with E-state index in [-0.39, 0.29) is 23.5 Å². The van der Waals surface area contributed by atoms with Gasteiger partial charge in [-0.2, -0.15) is 4.98 Å². The summed E-state index contributed by atoms with van der Waals surface area (Å²) < 4.78 is 13.4. The lowest BCUT2D eigenvalue weighted by Crippen LogP contribution is -2.32. The van der Waals surface area contributed by atoms with Crippen LogP contribution < -0.4 is 21.4 Å². The quantitative estimate of drug-likeness (QED) is 0.439. The first kappa shape index (κ1) is 20.8. The molecule has 0 saturated carbocycles. The number of fused-ring (bicyclic) bond motifs is 1. The Morgan fingerprint density at radius 2 is 2.03 bits per heavy atom. The molecule has 2 heterocycles. The summed E-state index contributed by atoms with van der Waals surface area (Å²) in [5.74, 6) is -0.426. The molecule has 4 rings (SSSR count). The predicted molar refractivity (Wildman–Crippen MR) is 116 cm³/mol. The number of carbonyl (C=O) groups is 1. The Morgan fingerprint density at radius 1 is 1.26 bits per heavy atom. The summed E-state index contributed by atoms with van der Waals surface area (Å²) in [7, 11) is -1.59. The first-order valence-corrected chi connectivity index (χ1v) is 9.78. The van der Waals surface area contributed by atoms with Crippen molar-refractivity contribution in [2.24, 2.45) is 5.73 Å². The maximum Gasteiger partial charge on any atom is 0.488 e.